The van der Waals surface area contributed by atoms with Crippen molar-refractivity contribution in [2.75, 3.05) is 0 Å². The van der Waals surface area contributed by atoms with Crippen molar-refractivity contribution in [3.05, 3.63) is 74.8 Å². The van der Waals surface area contributed by atoms with Crippen LogP contribution in [0, 0.1) is 10.1 Å². The molecule has 8 heteroatoms. The van der Waals surface area contributed by atoms with Gasteiger partial charge in [-0.2, -0.15) is 5.10 Å². The largest absolute Gasteiger partial charge is 0.272 e. The van der Waals surface area contributed by atoms with Gasteiger partial charge in [0.1, 0.15) is 0 Å². The number of carbonyl (C=O) groups is 1. The van der Waals surface area contributed by atoms with Crippen LogP contribution in [-0.4, -0.2) is 22.3 Å². The Morgan fingerprint density at radius 1 is 1.36 bits per heavy atom. The topological polar surface area (TPSA) is 84.6 Å². The number of carbonyl (C=O) groups excluding carboxylic acids is 1. The standard InChI is InChI=1S/C17H16ClN3O3S/c1-12(25-11-13-5-3-2-4-6-13)17(22)20-19-10-14-9-15(21(23)24)7-8-16(14)18/h2-10,12H,11H2,1H3,(H,20,22)/b19-10-/t12-/m0/s1. The van der Waals surface area contributed by atoms with Gasteiger partial charge in [-0.05, 0) is 18.6 Å². The summed E-state index contributed by atoms with van der Waals surface area (Å²) >= 11 is 7.46. The minimum absolute atomic E-state index is 0.0936. The van der Waals surface area contributed by atoms with E-state index in [2.05, 4.69) is 10.5 Å². The summed E-state index contributed by atoms with van der Waals surface area (Å²) in [6.45, 7) is 1.79. The summed E-state index contributed by atoms with van der Waals surface area (Å²) in [5.41, 5.74) is 3.83. The number of nitro groups is 1. The van der Waals surface area contributed by atoms with E-state index in [4.69, 9.17) is 11.6 Å². The molecule has 1 atom stereocenters. The first-order valence-electron chi connectivity index (χ1n) is 7.40. The van der Waals surface area contributed by atoms with Gasteiger partial charge in [-0.3, -0.25) is 14.9 Å². The highest BCUT2D eigenvalue weighted by Crippen LogP contribution is 2.20. The summed E-state index contributed by atoms with van der Waals surface area (Å²) in [6, 6.07) is 13.9. The second kappa shape index (κ2) is 9.19. The maximum atomic E-state index is 12.0. The lowest BCUT2D eigenvalue weighted by atomic mass is 10.2. The van der Waals surface area contributed by atoms with Crippen LogP contribution in [0.25, 0.3) is 0 Å². The first-order valence-corrected chi connectivity index (χ1v) is 8.82. The molecule has 2 aromatic rings. The first-order chi connectivity index (χ1) is 12.0. The maximum absolute atomic E-state index is 12.0. The van der Waals surface area contributed by atoms with E-state index in [9.17, 15) is 14.9 Å². The molecule has 2 aromatic carbocycles. The van der Waals surface area contributed by atoms with E-state index in [1.165, 1.54) is 36.2 Å². The molecule has 0 aliphatic heterocycles. The highest BCUT2D eigenvalue weighted by Gasteiger charge is 2.13. The average molecular weight is 378 g/mol. The van der Waals surface area contributed by atoms with E-state index in [1.54, 1.807) is 6.92 Å². The normalized spacial score (nSPS) is 12.1. The highest BCUT2D eigenvalue weighted by atomic mass is 35.5. The first kappa shape index (κ1) is 19.0. The van der Waals surface area contributed by atoms with Crippen LogP contribution < -0.4 is 5.43 Å². The van der Waals surface area contributed by atoms with E-state index in [0.717, 1.165) is 11.3 Å². The predicted octanol–water partition coefficient (Wildman–Crippen LogP) is 4.02. The number of hydrogen-bond acceptors (Lipinski definition) is 5. The quantitative estimate of drug-likeness (QED) is 0.448. The number of rotatable bonds is 7. The molecule has 0 bridgehead atoms. The van der Waals surface area contributed by atoms with E-state index >= 15 is 0 Å². The Morgan fingerprint density at radius 3 is 2.76 bits per heavy atom. The number of hydrogen-bond donors (Lipinski definition) is 1. The third-order valence-electron chi connectivity index (χ3n) is 3.28. The summed E-state index contributed by atoms with van der Waals surface area (Å²) in [6.07, 6.45) is 1.29. The number of nitrogens with one attached hydrogen (secondary N) is 1. The van der Waals surface area contributed by atoms with E-state index in [0.29, 0.717) is 10.6 Å². The molecule has 130 valence electrons. The Bertz CT molecular complexity index is 784. The van der Waals surface area contributed by atoms with Gasteiger partial charge in [-0.1, -0.05) is 41.9 Å². The van der Waals surface area contributed by atoms with Crippen LogP contribution in [0.2, 0.25) is 5.02 Å². The molecule has 0 spiro atoms. The van der Waals surface area contributed by atoms with Gasteiger partial charge in [0, 0.05) is 28.5 Å². The SMILES string of the molecule is C[C@H](SCc1ccccc1)C(=O)N/N=C\c1cc([N+](=O)[O-])ccc1Cl. The van der Waals surface area contributed by atoms with Gasteiger partial charge >= 0.3 is 0 Å². The molecule has 0 aliphatic rings. The molecule has 0 radical (unpaired) electrons. The van der Waals surface area contributed by atoms with E-state index in [-0.39, 0.29) is 16.8 Å². The van der Waals surface area contributed by atoms with Crippen molar-refractivity contribution in [1.29, 1.82) is 0 Å². The summed E-state index contributed by atoms with van der Waals surface area (Å²) in [7, 11) is 0. The molecule has 0 heterocycles. The van der Waals surface area contributed by atoms with E-state index in [1.807, 2.05) is 30.3 Å². The Hall–Kier alpha value is -2.38. The van der Waals surface area contributed by atoms with Crippen molar-refractivity contribution in [3.8, 4) is 0 Å². The van der Waals surface area contributed by atoms with Crippen LogP contribution in [0.4, 0.5) is 5.69 Å². The molecule has 0 aliphatic carbocycles. The van der Waals surface area contributed by atoms with Crippen molar-refractivity contribution in [1.82, 2.24) is 5.43 Å². The van der Waals surface area contributed by atoms with Crippen LogP contribution in [0.3, 0.4) is 0 Å². The third kappa shape index (κ3) is 5.88. The predicted molar refractivity (Wildman–Crippen MR) is 101 cm³/mol. The molecule has 0 saturated heterocycles. The Morgan fingerprint density at radius 2 is 2.08 bits per heavy atom. The summed E-state index contributed by atoms with van der Waals surface area (Å²) < 4.78 is 0. The smallest absolute Gasteiger partial charge is 0.270 e. The number of nitro benzene ring substituents is 1. The molecule has 1 N–H and O–H groups in total. The van der Waals surface area contributed by atoms with Crippen LogP contribution in [0.1, 0.15) is 18.1 Å². The van der Waals surface area contributed by atoms with Gasteiger partial charge in [-0.25, -0.2) is 5.43 Å². The minimum Gasteiger partial charge on any atom is -0.272 e. The van der Waals surface area contributed by atoms with Gasteiger partial charge in [0.2, 0.25) is 0 Å². The fourth-order valence-electron chi connectivity index (χ4n) is 1.87. The van der Waals surface area contributed by atoms with Crippen LogP contribution in [0.15, 0.2) is 53.6 Å². The minimum atomic E-state index is -0.519. The number of thioether (sulfide) groups is 1. The van der Waals surface area contributed by atoms with Crippen LogP contribution in [-0.2, 0) is 10.5 Å². The molecular formula is C17H16ClN3O3S. The molecule has 0 unspecified atom stereocenters. The van der Waals surface area contributed by atoms with Crippen LogP contribution >= 0.6 is 23.4 Å². The maximum Gasteiger partial charge on any atom is 0.270 e. The molecule has 6 nitrogen and oxygen atoms in total. The van der Waals surface area contributed by atoms with Crippen molar-refractivity contribution in [2.24, 2.45) is 5.10 Å². The number of amides is 1. The fourth-order valence-corrected chi connectivity index (χ4v) is 2.88. The van der Waals surface area contributed by atoms with Gasteiger partial charge in [0.05, 0.1) is 16.4 Å². The molecule has 1 amide bonds. The number of halogens is 1. The van der Waals surface area contributed by atoms with Crippen molar-refractivity contribution >= 4 is 41.2 Å². The fraction of sp³-hybridized carbons (Fsp3) is 0.176. The molecular weight excluding hydrogens is 362 g/mol. The summed E-state index contributed by atoms with van der Waals surface area (Å²) in [4.78, 5) is 22.3. The lowest BCUT2D eigenvalue weighted by Gasteiger charge is -2.09. The zero-order valence-corrected chi connectivity index (χ0v) is 15.0. The lowest BCUT2D eigenvalue weighted by molar-refractivity contribution is -0.384. The molecule has 0 saturated carbocycles. The van der Waals surface area contributed by atoms with Crippen LogP contribution in [0.5, 0.6) is 0 Å². The molecule has 0 fully saturated rings. The van der Waals surface area contributed by atoms with Gasteiger partial charge in [0.15, 0.2) is 0 Å². The number of benzene rings is 2. The van der Waals surface area contributed by atoms with Crippen molar-refractivity contribution in [2.45, 2.75) is 17.9 Å². The van der Waals surface area contributed by atoms with Crippen molar-refractivity contribution < 1.29 is 9.72 Å². The number of nitrogens with zero attached hydrogens (tertiary/aromatic N) is 2. The van der Waals surface area contributed by atoms with Gasteiger partial charge in [0.25, 0.3) is 11.6 Å². The molecule has 0 aromatic heterocycles. The monoisotopic (exact) mass is 377 g/mol. The van der Waals surface area contributed by atoms with Gasteiger partial charge < -0.3 is 0 Å². The zero-order chi connectivity index (χ0) is 18.2. The summed E-state index contributed by atoms with van der Waals surface area (Å²) in [5, 5.41) is 14.6. The van der Waals surface area contributed by atoms with E-state index < -0.39 is 4.92 Å². The average Bonchev–Trinajstić information content (AvgIpc) is 2.61. The lowest BCUT2D eigenvalue weighted by Crippen LogP contribution is -2.27. The highest BCUT2D eigenvalue weighted by molar-refractivity contribution is 7.99. The van der Waals surface area contributed by atoms with Gasteiger partial charge in [-0.15, -0.1) is 11.8 Å². The third-order valence-corrected chi connectivity index (χ3v) is 4.84. The summed E-state index contributed by atoms with van der Waals surface area (Å²) in [5.74, 6) is 0.467. The Kier molecular flexibility index (Phi) is 6.97. The molecule has 25 heavy (non-hydrogen) atoms. The second-order valence-corrected chi connectivity index (χ2v) is 6.87. The second-order valence-electron chi connectivity index (χ2n) is 5.14. The zero-order valence-electron chi connectivity index (χ0n) is 13.4. The van der Waals surface area contributed by atoms with Crippen molar-refractivity contribution in [3.63, 3.8) is 0 Å². The number of non-ortho nitro benzene ring substituents is 1. The Balaban J connectivity index is 1.89. The molecule has 2 rings (SSSR count). The number of hydrazone groups is 1. The Labute approximate surface area is 154 Å².